The maximum Gasteiger partial charge on any atom is 0.261 e. The molecular weight excluding hydrogens is 450 g/mol. The Morgan fingerprint density at radius 3 is 2.58 bits per heavy atom. The van der Waals surface area contributed by atoms with E-state index in [1.54, 1.807) is 24.4 Å². The van der Waals surface area contributed by atoms with Crippen LogP contribution in [0.15, 0.2) is 65.8 Å². The van der Waals surface area contributed by atoms with Crippen LogP contribution >= 0.6 is 0 Å². The Bertz CT molecular complexity index is 1430. The van der Waals surface area contributed by atoms with Crippen LogP contribution < -0.4 is 10.0 Å². The number of carbonyl (C=O) groups is 1. The average Bonchev–Trinajstić information content (AvgIpc) is 3.27. The second kappa shape index (κ2) is 8.99. The number of aryl methyl sites for hydroxylation is 1. The van der Waals surface area contributed by atoms with Crippen LogP contribution in [0.3, 0.4) is 0 Å². The van der Waals surface area contributed by atoms with Crippen LogP contribution in [0.25, 0.3) is 11.0 Å². The van der Waals surface area contributed by atoms with E-state index in [2.05, 4.69) is 20.0 Å². The van der Waals surface area contributed by atoms with Crippen LogP contribution in [-0.4, -0.2) is 24.3 Å². The van der Waals surface area contributed by atoms with Crippen molar-refractivity contribution in [1.82, 2.24) is 9.97 Å². The summed E-state index contributed by atoms with van der Waals surface area (Å²) in [6.45, 7) is 2.01. The number of halogens is 2. The largest absolute Gasteiger partial charge is 0.346 e. The first-order chi connectivity index (χ1) is 15.8. The minimum Gasteiger partial charge on any atom is -0.346 e. The van der Waals surface area contributed by atoms with Gasteiger partial charge in [-0.25, -0.2) is 22.2 Å². The average molecular weight is 471 g/mol. The monoisotopic (exact) mass is 470 g/mol. The molecule has 0 aliphatic rings. The quantitative estimate of drug-likeness (QED) is 0.359. The summed E-state index contributed by atoms with van der Waals surface area (Å²) in [7, 11) is -4.13. The highest BCUT2D eigenvalue weighted by Gasteiger charge is 2.22. The van der Waals surface area contributed by atoms with Crippen molar-refractivity contribution >= 4 is 38.3 Å². The lowest BCUT2D eigenvalue weighted by Gasteiger charge is -2.13. The molecule has 33 heavy (non-hydrogen) atoms. The second-order valence-corrected chi connectivity index (χ2v) is 9.06. The fourth-order valence-corrected chi connectivity index (χ4v) is 4.38. The predicted molar refractivity (Wildman–Crippen MR) is 122 cm³/mol. The van der Waals surface area contributed by atoms with Gasteiger partial charge in [-0.1, -0.05) is 25.5 Å². The third-order valence-electron chi connectivity index (χ3n) is 5.01. The Hall–Kier alpha value is -3.79. The zero-order valence-electron chi connectivity index (χ0n) is 17.5. The number of fused-ring (bicyclic) bond motifs is 1. The molecule has 4 aromatic rings. The van der Waals surface area contributed by atoms with E-state index >= 15 is 4.39 Å². The van der Waals surface area contributed by atoms with Crippen molar-refractivity contribution < 1.29 is 22.0 Å². The number of anilines is 2. The molecule has 0 fully saturated rings. The van der Waals surface area contributed by atoms with E-state index in [-0.39, 0.29) is 10.5 Å². The fraction of sp³-hybridized carbons (Fsp3) is 0.130. The summed E-state index contributed by atoms with van der Waals surface area (Å²) < 4.78 is 56.9. The van der Waals surface area contributed by atoms with Crippen molar-refractivity contribution in [3.63, 3.8) is 0 Å². The van der Waals surface area contributed by atoms with Gasteiger partial charge < -0.3 is 10.3 Å². The van der Waals surface area contributed by atoms with Crippen LogP contribution in [-0.2, 0) is 16.4 Å². The number of hydrogen-bond acceptors (Lipinski definition) is 4. The van der Waals surface area contributed by atoms with Crippen LogP contribution in [0, 0.1) is 11.6 Å². The fourth-order valence-electron chi connectivity index (χ4n) is 3.32. The summed E-state index contributed by atoms with van der Waals surface area (Å²) in [5, 5.41) is 2.81. The van der Waals surface area contributed by atoms with Gasteiger partial charge in [0.15, 0.2) is 5.82 Å². The first-order valence-corrected chi connectivity index (χ1v) is 11.6. The Morgan fingerprint density at radius 2 is 1.85 bits per heavy atom. The SMILES string of the molecule is CCCc1ccc(S(=O)(=O)Nc2ccc(F)c(NC(=O)c3cnc4[nH]ccc4c3)c2F)cc1. The molecule has 4 rings (SSSR count). The highest BCUT2D eigenvalue weighted by Crippen LogP contribution is 2.28. The molecule has 0 aliphatic heterocycles. The number of rotatable bonds is 7. The van der Waals surface area contributed by atoms with Gasteiger partial charge in [0.2, 0.25) is 0 Å². The van der Waals surface area contributed by atoms with E-state index in [0.717, 1.165) is 30.5 Å². The number of aromatic amines is 1. The number of aromatic nitrogens is 2. The first-order valence-electron chi connectivity index (χ1n) is 10.1. The molecule has 7 nitrogen and oxygen atoms in total. The molecule has 0 atom stereocenters. The van der Waals surface area contributed by atoms with Crippen molar-refractivity contribution in [2.45, 2.75) is 24.7 Å². The zero-order valence-corrected chi connectivity index (χ0v) is 18.3. The minimum atomic E-state index is -4.13. The maximum atomic E-state index is 15.0. The molecule has 0 bridgehead atoms. The van der Waals surface area contributed by atoms with Gasteiger partial charge >= 0.3 is 0 Å². The van der Waals surface area contributed by atoms with E-state index in [9.17, 15) is 17.6 Å². The number of pyridine rings is 1. The van der Waals surface area contributed by atoms with E-state index < -0.39 is 38.9 Å². The summed E-state index contributed by atoms with van der Waals surface area (Å²) in [6.07, 6.45) is 4.62. The van der Waals surface area contributed by atoms with Crippen molar-refractivity contribution in [1.29, 1.82) is 0 Å². The van der Waals surface area contributed by atoms with Crippen LogP contribution in [0.2, 0.25) is 0 Å². The summed E-state index contributed by atoms with van der Waals surface area (Å²) >= 11 is 0. The van der Waals surface area contributed by atoms with Crippen molar-refractivity contribution in [2.24, 2.45) is 0 Å². The van der Waals surface area contributed by atoms with E-state index in [4.69, 9.17) is 0 Å². The highest BCUT2D eigenvalue weighted by atomic mass is 32.2. The lowest BCUT2D eigenvalue weighted by molar-refractivity contribution is 0.102. The highest BCUT2D eigenvalue weighted by molar-refractivity contribution is 7.92. The molecule has 10 heteroatoms. The van der Waals surface area contributed by atoms with Gasteiger partial charge in [-0.05, 0) is 48.4 Å². The Balaban J connectivity index is 1.58. The molecular formula is C23H20F2N4O3S. The van der Waals surface area contributed by atoms with Gasteiger partial charge in [0.25, 0.3) is 15.9 Å². The number of sulfonamides is 1. The molecule has 2 aromatic carbocycles. The summed E-state index contributed by atoms with van der Waals surface area (Å²) in [5.74, 6) is -3.09. The molecule has 0 unspecified atom stereocenters. The Labute approximate surface area is 188 Å². The molecule has 170 valence electrons. The van der Waals surface area contributed by atoms with Crippen LogP contribution in [0.5, 0.6) is 0 Å². The molecule has 0 saturated carbocycles. The van der Waals surface area contributed by atoms with Crippen LogP contribution in [0.1, 0.15) is 29.3 Å². The van der Waals surface area contributed by atoms with Gasteiger partial charge in [0.05, 0.1) is 16.1 Å². The molecule has 0 spiro atoms. The lowest BCUT2D eigenvalue weighted by Crippen LogP contribution is -2.18. The smallest absolute Gasteiger partial charge is 0.261 e. The van der Waals surface area contributed by atoms with E-state index in [0.29, 0.717) is 11.0 Å². The predicted octanol–water partition coefficient (Wildman–Crippen LogP) is 4.85. The number of nitrogens with zero attached hydrogens (tertiary/aromatic N) is 1. The number of benzene rings is 2. The van der Waals surface area contributed by atoms with Crippen molar-refractivity contribution in [2.75, 3.05) is 10.0 Å². The van der Waals surface area contributed by atoms with Gasteiger partial charge in [0.1, 0.15) is 17.2 Å². The topological polar surface area (TPSA) is 104 Å². The van der Waals surface area contributed by atoms with Gasteiger partial charge in [0, 0.05) is 17.8 Å². The Kier molecular flexibility index (Phi) is 6.10. The number of nitrogens with one attached hydrogen (secondary N) is 3. The first kappa shape index (κ1) is 22.4. The third kappa shape index (κ3) is 4.70. The number of amides is 1. The van der Waals surface area contributed by atoms with Crippen LogP contribution in [0.4, 0.5) is 20.2 Å². The molecule has 0 radical (unpaired) electrons. The molecule has 3 N–H and O–H groups in total. The van der Waals surface area contributed by atoms with Gasteiger partial charge in [-0.2, -0.15) is 0 Å². The second-order valence-electron chi connectivity index (χ2n) is 7.38. The number of carbonyl (C=O) groups excluding carboxylic acids is 1. The molecule has 2 aromatic heterocycles. The van der Waals surface area contributed by atoms with Gasteiger partial charge in [-0.3, -0.25) is 9.52 Å². The van der Waals surface area contributed by atoms with E-state index in [1.807, 2.05) is 6.92 Å². The molecule has 0 saturated heterocycles. The van der Waals surface area contributed by atoms with Gasteiger partial charge in [-0.15, -0.1) is 0 Å². The Morgan fingerprint density at radius 1 is 1.09 bits per heavy atom. The third-order valence-corrected chi connectivity index (χ3v) is 6.39. The standard InChI is InChI=1S/C23H20F2N4O3S/c1-2-3-14-4-6-17(7-5-14)33(31,32)29-19-9-8-18(24)21(20(19)25)28-23(30)16-12-15-10-11-26-22(15)27-13-16/h4-13,29H,2-3H2,1H3,(H,26,27)(H,28,30). The minimum absolute atomic E-state index is 0.0671. The lowest BCUT2D eigenvalue weighted by atomic mass is 10.1. The summed E-state index contributed by atoms with van der Waals surface area (Å²) in [6, 6.07) is 11.2. The summed E-state index contributed by atoms with van der Waals surface area (Å²) in [5.41, 5.74) is 0.347. The van der Waals surface area contributed by atoms with E-state index in [1.165, 1.54) is 24.4 Å². The summed E-state index contributed by atoms with van der Waals surface area (Å²) in [4.78, 5) is 19.4. The molecule has 1 amide bonds. The molecule has 0 aliphatic carbocycles. The molecule has 2 heterocycles. The number of hydrogen-bond donors (Lipinski definition) is 3. The van der Waals surface area contributed by atoms with Crippen molar-refractivity contribution in [3.8, 4) is 0 Å². The normalized spacial score (nSPS) is 11.5. The zero-order chi connectivity index (χ0) is 23.6. The van der Waals surface area contributed by atoms with Crippen molar-refractivity contribution in [3.05, 3.63) is 83.7 Å². The maximum absolute atomic E-state index is 15.0. The number of H-pyrrole nitrogens is 1.